The smallest absolute Gasteiger partial charge is 0.352 e. The lowest BCUT2D eigenvalue weighted by molar-refractivity contribution is -0.150. The Balaban J connectivity index is 1.48. The third-order valence-corrected chi connectivity index (χ3v) is 8.29. The van der Waals surface area contributed by atoms with Crippen molar-refractivity contribution in [2.45, 2.75) is 11.4 Å². The van der Waals surface area contributed by atoms with E-state index in [4.69, 9.17) is 9.57 Å². The monoisotopic (exact) mass is 623 g/mol. The molecular formula is C22H18BrN5O8S2. The number of halogens is 1. The van der Waals surface area contributed by atoms with Crippen LogP contribution in [0.1, 0.15) is 16.1 Å². The Morgan fingerprint density at radius 1 is 1.32 bits per heavy atom. The first-order valence-corrected chi connectivity index (χ1v) is 13.3. The van der Waals surface area contributed by atoms with E-state index in [2.05, 4.69) is 36.7 Å². The molecule has 38 heavy (non-hydrogen) atoms. The van der Waals surface area contributed by atoms with Crippen LogP contribution in [0.3, 0.4) is 0 Å². The largest absolute Gasteiger partial charge is 0.477 e. The Hall–Kier alpha value is -3.76. The normalized spacial score (nSPS) is 18.7. The van der Waals surface area contributed by atoms with Gasteiger partial charge < -0.3 is 25.3 Å². The molecule has 3 amide bonds. The van der Waals surface area contributed by atoms with Gasteiger partial charge in [-0.15, -0.1) is 11.8 Å². The van der Waals surface area contributed by atoms with Gasteiger partial charge in [0.05, 0.1) is 5.56 Å². The van der Waals surface area contributed by atoms with Crippen LogP contribution in [0.15, 0.2) is 50.5 Å². The van der Waals surface area contributed by atoms with E-state index in [9.17, 15) is 29.1 Å². The summed E-state index contributed by atoms with van der Waals surface area (Å²) >= 11 is 5.51. The fourth-order valence-electron chi connectivity index (χ4n) is 3.66. The summed E-state index contributed by atoms with van der Waals surface area (Å²) in [6, 6.07) is 7.16. The van der Waals surface area contributed by atoms with Gasteiger partial charge in [0, 0.05) is 11.3 Å². The maximum absolute atomic E-state index is 13.0. The first-order valence-electron chi connectivity index (χ1n) is 10.7. The number of thioether (sulfide) groups is 1. The van der Waals surface area contributed by atoms with E-state index in [0.717, 1.165) is 16.2 Å². The number of aromatic nitrogens is 1. The number of carbonyl (C=O) groups excluding carboxylic acids is 4. The van der Waals surface area contributed by atoms with Gasteiger partial charge in [0.1, 0.15) is 40.3 Å². The van der Waals surface area contributed by atoms with Gasteiger partial charge in [0.15, 0.2) is 10.8 Å². The molecule has 0 radical (unpaired) electrons. The SMILES string of the molecule is CO/N=C(\C(=O)NC1C(=O)N2C(C(=O)O)=C(COC(=O)c3ccccc3)CS[C@H]12)c1nc(NC=O)sc1Br. The lowest BCUT2D eigenvalue weighted by atomic mass is 10.0. The van der Waals surface area contributed by atoms with Gasteiger partial charge in [-0.1, -0.05) is 34.7 Å². The maximum atomic E-state index is 13.0. The predicted molar refractivity (Wildman–Crippen MR) is 139 cm³/mol. The molecular weight excluding hydrogens is 606 g/mol. The number of hydrogen-bond donors (Lipinski definition) is 3. The molecule has 0 spiro atoms. The summed E-state index contributed by atoms with van der Waals surface area (Å²) in [4.78, 5) is 71.0. The van der Waals surface area contributed by atoms with Gasteiger partial charge in [-0.05, 0) is 28.1 Å². The number of carbonyl (C=O) groups is 5. The summed E-state index contributed by atoms with van der Waals surface area (Å²) in [6.45, 7) is -0.310. The Labute approximate surface area is 231 Å². The zero-order valence-corrected chi connectivity index (χ0v) is 22.6. The van der Waals surface area contributed by atoms with Crippen molar-refractivity contribution in [2.24, 2.45) is 5.16 Å². The first kappa shape index (κ1) is 27.3. The molecule has 3 N–H and O–H groups in total. The van der Waals surface area contributed by atoms with E-state index in [0.29, 0.717) is 15.8 Å². The average molecular weight is 624 g/mol. The molecule has 2 atom stereocenters. The first-order chi connectivity index (χ1) is 18.3. The lowest BCUT2D eigenvalue weighted by Gasteiger charge is -2.49. The second kappa shape index (κ2) is 11.7. The number of oxime groups is 1. The predicted octanol–water partition coefficient (Wildman–Crippen LogP) is 1.42. The van der Waals surface area contributed by atoms with E-state index in [1.165, 1.54) is 18.9 Å². The Bertz CT molecular complexity index is 1360. The lowest BCUT2D eigenvalue weighted by Crippen LogP contribution is -2.71. The summed E-state index contributed by atoms with van der Waals surface area (Å²) in [5.41, 5.74) is 0.0898. The van der Waals surface area contributed by atoms with Crippen LogP contribution in [-0.4, -0.2) is 81.8 Å². The number of nitrogens with zero attached hydrogens (tertiary/aromatic N) is 3. The third-order valence-electron chi connectivity index (χ3n) is 5.31. The van der Waals surface area contributed by atoms with E-state index < -0.39 is 35.2 Å². The molecule has 2 aromatic rings. The molecule has 2 aliphatic rings. The summed E-state index contributed by atoms with van der Waals surface area (Å²) in [7, 11) is 1.22. The van der Waals surface area contributed by atoms with Crippen molar-refractivity contribution in [1.29, 1.82) is 0 Å². The molecule has 3 heterocycles. The number of ether oxygens (including phenoxy) is 1. The molecule has 2 aliphatic heterocycles. The molecule has 1 aromatic heterocycles. The Morgan fingerprint density at radius 2 is 2.05 bits per heavy atom. The number of carboxylic acids is 1. The second-order valence-corrected chi connectivity index (χ2v) is 11.0. The highest BCUT2D eigenvalue weighted by Crippen LogP contribution is 2.40. The number of carboxylic acid groups (broad SMARTS) is 1. The van der Waals surface area contributed by atoms with Crippen molar-refractivity contribution < 1.29 is 38.7 Å². The van der Waals surface area contributed by atoms with Crippen LogP contribution < -0.4 is 10.6 Å². The molecule has 1 saturated heterocycles. The summed E-state index contributed by atoms with van der Waals surface area (Å²) < 4.78 is 5.65. The van der Waals surface area contributed by atoms with Gasteiger partial charge >= 0.3 is 11.9 Å². The van der Waals surface area contributed by atoms with Gasteiger partial charge in [-0.3, -0.25) is 19.3 Å². The van der Waals surface area contributed by atoms with Crippen LogP contribution in [-0.2, 0) is 28.8 Å². The van der Waals surface area contributed by atoms with Crippen LogP contribution in [0.2, 0.25) is 0 Å². The second-order valence-electron chi connectivity index (χ2n) is 7.59. The van der Waals surface area contributed by atoms with Crippen LogP contribution in [0.4, 0.5) is 5.13 Å². The van der Waals surface area contributed by atoms with Crippen LogP contribution in [0, 0.1) is 0 Å². The summed E-state index contributed by atoms with van der Waals surface area (Å²) in [5.74, 6) is -3.28. The molecule has 0 bridgehead atoms. The zero-order valence-electron chi connectivity index (χ0n) is 19.4. The maximum Gasteiger partial charge on any atom is 0.352 e. The van der Waals surface area contributed by atoms with Gasteiger partial charge in [0.2, 0.25) is 6.41 Å². The molecule has 0 aliphatic carbocycles. The minimum Gasteiger partial charge on any atom is -0.477 e. The molecule has 198 valence electrons. The zero-order chi connectivity index (χ0) is 27.4. The van der Waals surface area contributed by atoms with Crippen molar-refractivity contribution in [3.63, 3.8) is 0 Å². The van der Waals surface area contributed by atoms with Crippen molar-refractivity contribution in [3.05, 3.63) is 56.6 Å². The number of aliphatic carboxylic acids is 1. The van der Waals surface area contributed by atoms with Crippen molar-refractivity contribution in [3.8, 4) is 0 Å². The number of thiazole rings is 1. The number of rotatable bonds is 10. The van der Waals surface area contributed by atoms with Gasteiger partial charge in [-0.2, -0.15) is 0 Å². The number of amides is 3. The van der Waals surface area contributed by atoms with E-state index >= 15 is 0 Å². The number of esters is 1. The molecule has 1 unspecified atom stereocenters. The van der Waals surface area contributed by atoms with E-state index in [1.807, 2.05) is 0 Å². The molecule has 0 saturated carbocycles. The summed E-state index contributed by atoms with van der Waals surface area (Å²) in [6.07, 6.45) is 0.425. The number of benzene rings is 1. The standard InChI is InChI=1S/C22H18BrN5O8S2/c1-35-27-13(12-16(23)38-22(26-12)24-9-29)17(30)25-14-18(31)28-15(20(32)33)11(8-37-19(14)28)7-36-21(34)10-5-3-2-4-6-10/h2-6,9,14,19H,7-8H2,1H3,(H,25,30)(H,32,33)(H,24,26,29)/b27-13-/t14?,19-/m1/s1. The Morgan fingerprint density at radius 3 is 2.71 bits per heavy atom. The van der Waals surface area contributed by atoms with Crippen molar-refractivity contribution in [1.82, 2.24) is 15.2 Å². The fraction of sp³-hybridized carbons (Fsp3) is 0.227. The molecule has 4 rings (SSSR count). The quantitative estimate of drug-likeness (QED) is 0.115. The highest BCUT2D eigenvalue weighted by molar-refractivity contribution is 9.11. The Kier molecular flexibility index (Phi) is 8.43. The average Bonchev–Trinajstić information content (AvgIpc) is 3.27. The molecule has 1 fully saturated rings. The highest BCUT2D eigenvalue weighted by Gasteiger charge is 2.54. The number of hydrogen-bond acceptors (Lipinski definition) is 11. The minimum absolute atomic E-state index is 0.0762. The number of nitrogens with one attached hydrogen (secondary N) is 2. The van der Waals surface area contributed by atoms with Crippen LogP contribution in [0.25, 0.3) is 0 Å². The van der Waals surface area contributed by atoms with Crippen LogP contribution in [0.5, 0.6) is 0 Å². The van der Waals surface area contributed by atoms with Crippen molar-refractivity contribution >= 4 is 80.0 Å². The van der Waals surface area contributed by atoms with Crippen molar-refractivity contribution in [2.75, 3.05) is 24.8 Å². The minimum atomic E-state index is -1.36. The van der Waals surface area contributed by atoms with Gasteiger partial charge in [-0.25, -0.2) is 14.6 Å². The van der Waals surface area contributed by atoms with E-state index in [1.54, 1.807) is 30.3 Å². The van der Waals surface area contributed by atoms with E-state index in [-0.39, 0.29) is 40.2 Å². The van der Waals surface area contributed by atoms with Crippen LogP contribution >= 0.6 is 39.0 Å². The molecule has 16 heteroatoms. The van der Waals surface area contributed by atoms with Gasteiger partial charge in [0.25, 0.3) is 11.8 Å². The fourth-order valence-corrected chi connectivity index (χ4v) is 6.37. The third kappa shape index (κ3) is 5.41. The number of fused-ring (bicyclic) bond motifs is 1. The summed E-state index contributed by atoms with van der Waals surface area (Å²) in [5, 5.41) is 17.9. The topological polar surface area (TPSA) is 177 Å². The number of anilines is 1. The number of β-lactam (4-membered cyclic amide) rings is 1. The molecule has 13 nitrogen and oxygen atoms in total. The highest BCUT2D eigenvalue weighted by atomic mass is 79.9. The molecule has 1 aromatic carbocycles.